The molecule has 0 atom stereocenters. The van der Waals surface area contributed by atoms with Gasteiger partial charge in [-0.3, -0.25) is 4.98 Å². The van der Waals surface area contributed by atoms with E-state index in [4.69, 9.17) is 0 Å². The molecule has 5 nitrogen and oxygen atoms in total. The molecule has 122 valence electrons. The van der Waals surface area contributed by atoms with E-state index in [1.807, 2.05) is 12.1 Å². The first-order chi connectivity index (χ1) is 11.7. The highest BCUT2D eigenvalue weighted by molar-refractivity contribution is 5.63. The normalized spacial score (nSPS) is 10.5. The first-order valence-electron chi connectivity index (χ1n) is 7.31. The van der Waals surface area contributed by atoms with E-state index in [0.717, 1.165) is 23.4 Å². The minimum Gasteiger partial charge on any atom is -0.366 e. The van der Waals surface area contributed by atoms with Crippen LogP contribution in [-0.2, 0) is 6.54 Å². The maximum Gasteiger partial charge on any atom is 0.224 e. The molecule has 0 unspecified atom stereocenters. The van der Waals surface area contributed by atoms with Gasteiger partial charge in [0.2, 0.25) is 5.95 Å². The average molecular weight is 327 g/mol. The highest BCUT2D eigenvalue weighted by Gasteiger charge is 2.07. The van der Waals surface area contributed by atoms with Crippen molar-refractivity contribution in [2.45, 2.75) is 6.54 Å². The number of anilines is 2. The first kappa shape index (κ1) is 15.8. The number of hydrogen-bond acceptors (Lipinski definition) is 5. The van der Waals surface area contributed by atoms with Gasteiger partial charge >= 0.3 is 0 Å². The molecular weight excluding hydrogens is 312 g/mol. The molecule has 24 heavy (non-hydrogen) atoms. The third-order valence-corrected chi connectivity index (χ3v) is 3.38. The summed E-state index contributed by atoms with van der Waals surface area (Å²) in [4.78, 5) is 12.7. The molecule has 0 fully saturated rings. The van der Waals surface area contributed by atoms with Crippen molar-refractivity contribution >= 4 is 11.8 Å². The Hall–Kier alpha value is -3.09. The van der Waals surface area contributed by atoms with Gasteiger partial charge in [-0.15, -0.1) is 0 Å². The Morgan fingerprint density at radius 3 is 2.46 bits per heavy atom. The van der Waals surface area contributed by atoms with Gasteiger partial charge in [0.1, 0.15) is 5.82 Å². The lowest BCUT2D eigenvalue weighted by Crippen LogP contribution is -2.06. The zero-order valence-electron chi connectivity index (χ0n) is 12.9. The van der Waals surface area contributed by atoms with Crippen LogP contribution in [-0.4, -0.2) is 22.0 Å². The van der Waals surface area contributed by atoms with Crippen LogP contribution < -0.4 is 10.6 Å². The van der Waals surface area contributed by atoms with Crippen LogP contribution in [0, 0.1) is 11.6 Å². The van der Waals surface area contributed by atoms with Crippen molar-refractivity contribution in [1.29, 1.82) is 0 Å². The molecule has 3 aromatic rings. The first-order valence-corrected chi connectivity index (χ1v) is 7.31. The summed E-state index contributed by atoms with van der Waals surface area (Å²) in [5.74, 6) is -0.702. The van der Waals surface area contributed by atoms with Gasteiger partial charge in [0.25, 0.3) is 0 Å². The average Bonchev–Trinajstić information content (AvgIpc) is 2.63. The van der Waals surface area contributed by atoms with Crippen LogP contribution in [0.1, 0.15) is 5.56 Å². The van der Waals surface area contributed by atoms with E-state index in [1.54, 1.807) is 25.5 Å². The quantitative estimate of drug-likeness (QED) is 0.751. The molecule has 0 aliphatic carbocycles. The van der Waals surface area contributed by atoms with Crippen molar-refractivity contribution in [3.63, 3.8) is 0 Å². The molecule has 0 bridgehead atoms. The minimum atomic E-state index is -0.870. The fourth-order valence-corrected chi connectivity index (χ4v) is 2.16. The van der Waals surface area contributed by atoms with Gasteiger partial charge in [0.15, 0.2) is 11.6 Å². The number of nitrogens with one attached hydrogen (secondary N) is 2. The summed E-state index contributed by atoms with van der Waals surface area (Å²) in [6.07, 6.45) is 3.37. The maximum atomic E-state index is 13.3. The largest absolute Gasteiger partial charge is 0.366 e. The highest BCUT2D eigenvalue weighted by atomic mass is 19.2. The topological polar surface area (TPSA) is 62.7 Å². The van der Waals surface area contributed by atoms with Crippen LogP contribution in [0.5, 0.6) is 0 Å². The predicted octanol–water partition coefficient (Wildman–Crippen LogP) is 3.47. The summed E-state index contributed by atoms with van der Waals surface area (Å²) >= 11 is 0. The number of aromatic nitrogens is 3. The zero-order valence-corrected chi connectivity index (χ0v) is 12.9. The van der Waals surface area contributed by atoms with Crippen molar-refractivity contribution in [3.05, 3.63) is 66.0 Å². The van der Waals surface area contributed by atoms with Crippen LogP contribution in [0.15, 0.2) is 48.8 Å². The van der Waals surface area contributed by atoms with Gasteiger partial charge in [-0.1, -0.05) is 6.07 Å². The number of rotatable bonds is 5. The van der Waals surface area contributed by atoms with E-state index < -0.39 is 11.6 Å². The second-order valence-corrected chi connectivity index (χ2v) is 5.05. The van der Waals surface area contributed by atoms with E-state index in [9.17, 15) is 8.78 Å². The molecule has 0 spiro atoms. The molecule has 3 rings (SSSR count). The zero-order chi connectivity index (χ0) is 16.9. The monoisotopic (exact) mass is 327 g/mol. The number of hydrogen-bond donors (Lipinski definition) is 2. The lowest BCUT2D eigenvalue weighted by Gasteiger charge is -2.10. The molecule has 0 saturated heterocycles. The Bertz CT molecular complexity index is 840. The Balaban J connectivity index is 1.83. The lowest BCUT2D eigenvalue weighted by molar-refractivity contribution is 0.507. The Kier molecular flexibility index (Phi) is 4.60. The molecule has 0 radical (unpaired) electrons. The van der Waals surface area contributed by atoms with Crippen LogP contribution in [0.2, 0.25) is 0 Å². The second-order valence-electron chi connectivity index (χ2n) is 5.05. The molecule has 0 saturated carbocycles. The molecule has 0 aliphatic rings. The summed E-state index contributed by atoms with van der Waals surface area (Å²) in [5, 5.41) is 6.00. The molecule has 7 heteroatoms. The Labute approximate surface area is 137 Å². The fraction of sp³-hybridized carbons (Fsp3) is 0.118. The number of nitrogens with zero attached hydrogens (tertiary/aromatic N) is 3. The van der Waals surface area contributed by atoms with Gasteiger partial charge in [-0.2, -0.15) is 4.98 Å². The number of benzene rings is 1. The standard InChI is InChI=1S/C17H15F2N5/c1-20-17-23-15(12-4-6-21-7-5-12)9-16(24-17)22-10-11-2-3-13(18)14(19)8-11/h2-9H,10H2,1H3,(H2,20,22,23,24). The Morgan fingerprint density at radius 1 is 0.958 bits per heavy atom. The maximum absolute atomic E-state index is 13.3. The van der Waals surface area contributed by atoms with Gasteiger partial charge in [0.05, 0.1) is 5.69 Å². The van der Waals surface area contributed by atoms with E-state index in [1.165, 1.54) is 6.07 Å². The SMILES string of the molecule is CNc1nc(NCc2ccc(F)c(F)c2)cc(-c2ccncc2)n1. The van der Waals surface area contributed by atoms with Gasteiger partial charge in [0, 0.05) is 37.6 Å². The van der Waals surface area contributed by atoms with Crippen molar-refractivity contribution in [2.24, 2.45) is 0 Å². The third-order valence-electron chi connectivity index (χ3n) is 3.38. The van der Waals surface area contributed by atoms with Gasteiger partial charge in [-0.05, 0) is 29.8 Å². The van der Waals surface area contributed by atoms with E-state index >= 15 is 0 Å². The van der Waals surface area contributed by atoms with E-state index in [-0.39, 0.29) is 0 Å². The second kappa shape index (κ2) is 6.99. The lowest BCUT2D eigenvalue weighted by atomic mass is 10.2. The van der Waals surface area contributed by atoms with Crippen molar-refractivity contribution < 1.29 is 8.78 Å². The molecular formula is C17H15F2N5. The number of halogens is 2. The molecule has 0 aliphatic heterocycles. The van der Waals surface area contributed by atoms with Gasteiger partial charge < -0.3 is 10.6 Å². The third kappa shape index (κ3) is 3.62. The summed E-state index contributed by atoms with van der Waals surface area (Å²) in [5.41, 5.74) is 2.24. The molecule has 2 N–H and O–H groups in total. The molecule has 2 aromatic heterocycles. The van der Waals surface area contributed by atoms with Crippen molar-refractivity contribution in [2.75, 3.05) is 17.7 Å². The van der Waals surface area contributed by atoms with Crippen LogP contribution in [0.3, 0.4) is 0 Å². The molecule has 0 amide bonds. The summed E-state index contributed by atoms with van der Waals surface area (Å²) in [6, 6.07) is 9.27. The molecule has 2 heterocycles. The predicted molar refractivity (Wildman–Crippen MR) is 88.5 cm³/mol. The van der Waals surface area contributed by atoms with Crippen molar-refractivity contribution in [3.8, 4) is 11.3 Å². The molecule has 1 aromatic carbocycles. The van der Waals surface area contributed by atoms with Gasteiger partial charge in [-0.25, -0.2) is 13.8 Å². The summed E-state index contributed by atoms with van der Waals surface area (Å²) < 4.78 is 26.2. The van der Waals surface area contributed by atoms with Crippen LogP contribution in [0.25, 0.3) is 11.3 Å². The van der Waals surface area contributed by atoms with E-state index in [0.29, 0.717) is 23.9 Å². The highest BCUT2D eigenvalue weighted by Crippen LogP contribution is 2.21. The minimum absolute atomic E-state index is 0.313. The fourth-order valence-electron chi connectivity index (χ4n) is 2.16. The summed E-state index contributed by atoms with van der Waals surface area (Å²) in [7, 11) is 1.73. The smallest absolute Gasteiger partial charge is 0.224 e. The van der Waals surface area contributed by atoms with E-state index in [2.05, 4.69) is 25.6 Å². The van der Waals surface area contributed by atoms with Crippen LogP contribution in [0.4, 0.5) is 20.5 Å². The van der Waals surface area contributed by atoms with Crippen molar-refractivity contribution in [1.82, 2.24) is 15.0 Å². The summed E-state index contributed by atoms with van der Waals surface area (Å²) in [6.45, 7) is 0.313. The van der Waals surface area contributed by atoms with Crippen LogP contribution >= 0.6 is 0 Å². The Morgan fingerprint density at radius 2 is 1.75 bits per heavy atom. The number of pyridine rings is 1.